The molecule has 0 aliphatic carbocycles. The molecule has 0 saturated carbocycles. The van der Waals surface area contributed by atoms with Gasteiger partial charge in [0.05, 0.1) is 22.9 Å². The third kappa shape index (κ3) is 3.12. The first-order valence-corrected chi connectivity index (χ1v) is 9.93. The Morgan fingerprint density at radius 1 is 1.14 bits per heavy atom. The van der Waals surface area contributed by atoms with Gasteiger partial charge in [0.1, 0.15) is 10.8 Å². The second kappa shape index (κ2) is 7.05. The molecule has 4 aromatic rings. The lowest BCUT2D eigenvalue weighted by Crippen LogP contribution is -2.32. The van der Waals surface area contributed by atoms with Gasteiger partial charge in [0.15, 0.2) is 0 Å². The third-order valence-corrected chi connectivity index (χ3v) is 5.89. The van der Waals surface area contributed by atoms with Crippen LogP contribution in [0.15, 0.2) is 67.0 Å². The summed E-state index contributed by atoms with van der Waals surface area (Å²) in [5.41, 5.74) is 3.53. The number of nitrogens with one attached hydrogen (secondary N) is 1. The van der Waals surface area contributed by atoms with Gasteiger partial charge in [0.2, 0.25) is 0 Å². The Morgan fingerprint density at radius 3 is 2.96 bits per heavy atom. The minimum absolute atomic E-state index is 0.0411. The average molecular weight is 387 g/mol. The quantitative estimate of drug-likeness (QED) is 0.557. The highest BCUT2D eigenvalue weighted by molar-refractivity contribution is 7.21. The van der Waals surface area contributed by atoms with Crippen molar-refractivity contribution in [3.8, 4) is 16.3 Å². The minimum atomic E-state index is -0.0834. The van der Waals surface area contributed by atoms with Crippen molar-refractivity contribution in [1.82, 2.24) is 15.3 Å². The van der Waals surface area contributed by atoms with Crippen molar-refractivity contribution in [2.24, 2.45) is 0 Å². The molecule has 138 valence electrons. The summed E-state index contributed by atoms with van der Waals surface area (Å²) in [4.78, 5) is 21.7. The number of aromatic nitrogens is 2. The smallest absolute Gasteiger partial charge is 0.251 e. The number of fused-ring (bicyclic) bond motifs is 2. The standard InChI is InChI=1S/C22H17N3O2S/c26-21(24-17-9-11-27-19-6-2-1-5-16(17)19)14-7-8-18-20(12-14)28-22(25-18)15-4-3-10-23-13-15/h1-8,10,12-13,17H,9,11H2,(H,24,26)/t17-/m0/s1. The molecule has 3 heterocycles. The molecule has 2 aromatic heterocycles. The van der Waals surface area contributed by atoms with Crippen LogP contribution in [0.25, 0.3) is 20.8 Å². The molecular weight excluding hydrogens is 370 g/mol. The molecular formula is C22H17N3O2S. The van der Waals surface area contributed by atoms with E-state index in [4.69, 9.17) is 4.74 Å². The van der Waals surface area contributed by atoms with Crippen molar-refractivity contribution in [3.05, 3.63) is 78.1 Å². The van der Waals surface area contributed by atoms with Crippen molar-refractivity contribution in [3.63, 3.8) is 0 Å². The summed E-state index contributed by atoms with van der Waals surface area (Å²) >= 11 is 1.57. The largest absolute Gasteiger partial charge is 0.493 e. The fourth-order valence-corrected chi connectivity index (χ4v) is 4.41. The topological polar surface area (TPSA) is 64.1 Å². The Kier molecular flexibility index (Phi) is 4.25. The monoisotopic (exact) mass is 387 g/mol. The molecule has 6 heteroatoms. The lowest BCUT2D eigenvalue weighted by Gasteiger charge is -2.26. The van der Waals surface area contributed by atoms with Crippen LogP contribution in [-0.2, 0) is 0 Å². The van der Waals surface area contributed by atoms with E-state index in [-0.39, 0.29) is 11.9 Å². The molecule has 1 N–H and O–H groups in total. The van der Waals surface area contributed by atoms with E-state index >= 15 is 0 Å². The zero-order valence-corrected chi connectivity index (χ0v) is 15.8. The average Bonchev–Trinajstić information content (AvgIpc) is 3.18. The van der Waals surface area contributed by atoms with Gasteiger partial charge in [-0.1, -0.05) is 18.2 Å². The first kappa shape index (κ1) is 16.9. The lowest BCUT2D eigenvalue weighted by molar-refractivity contribution is 0.0925. The fourth-order valence-electron chi connectivity index (χ4n) is 3.41. The summed E-state index contributed by atoms with van der Waals surface area (Å²) in [6.07, 6.45) is 4.30. The molecule has 0 radical (unpaired) electrons. The van der Waals surface area contributed by atoms with Gasteiger partial charge in [0, 0.05) is 35.5 Å². The normalized spacial score (nSPS) is 15.6. The number of para-hydroxylation sites is 1. The molecule has 0 spiro atoms. The first-order valence-electron chi connectivity index (χ1n) is 9.11. The highest BCUT2D eigenvalue weighted by atomic mass is 32.1. The van der Waals surface area contributed by atoms with E-state index in [0.29, 0.717) is 12.2 Å². The Hall–Kier alpha value is -3.25. The SMILES string of the molecule is O=C(N[C@H]1CCOc2ccccc21)c1ccc2nc(-c3cccnc3)sc2c1. The van der Waals surface area contributed by atoms with Crippen LogP contribution in [0.2, 0.25) is 0 Å². The summed E-state index contributed by atoms with van der Waals surface area (Å²) in [6, 6.07) is 17.3. The lowest BCUT2D eigenvalue weighted by atomic mass is 10.00. The highest BCUT2D eigenvalue weighted by Crippen LogP contribution is 2.33. The molecule has 5 rings (SSSR count). The number of rotatable bonds is 3. The number of carbonyl (C=O) groups excluding carboxylic acids is 1. The number of nitrogens with zero attached hydrogens (tertiary/aromatic N) is 2. The van der Waals surface area contributed by atoms with E-state index in [2.05, 4.69) is 15.3 Å². The van der Waals surface area contributed by atoms with Crippen LogP contribution in [0.5, 0.6) is 5.75 Å². The molecule has 0 fully saturated rings. The van der Waals surface area contributed by atoms with Gasteiger partial charge in [-0.05, 0) is 36.4 Å². The maximum atomic E-state index is 12.9. The van der Waals surface area contributed by atoms with Gasteiger partial charge < -0.3 is 10.1 Å². The Morgan fingerprint density at radius 2 is 2.07 bits per heavy atom. The summed E-state index contributed by atoms with van der Waals surface area (Å²) < 4.78 is 6.67. The second-order valence-electron chi connectivity index (χ2n) is 6.64. The van der Waals surface area contributed by atoms with Crippen LogP contribution in [0, 0.1) is 0 Å². The summed E-state index contributed by atoms with van der Waals surface area (Å²) in [5.74, 6) is 0.762. The minimum Gasteiger partial charge on any atom is -0.493 e. The predicted octanol–water partition coefficient (Wildman–Crippen LogP) is 4.61. The number of thiazole rings is 1. The number of amides is 1. The molecule has 28 heavy (non-hydrogen) atoms. The van der Waals surface area contributed by atoms with E-state index in [1.807, 2.05) is 54.6 Å². The third-order valence-electron chi connectivity index (χ3n) is 4.82. The van der Waals surface area contributed by atoms with E-state index in [9.17, 15) is 4.79 Å². The first-order chi connectivity index (χ1) is 13.8. The zero-order chi connectivity index (χ0) is 18.9. The van der Waals surface area contributed by atoms with Gasteiger partial charge in [0.25, 0.3) is 5.91 Å². The van der Waals surface area contributed by atoms with Gasteiger partial charge >= 0.3 is 0 Å². The van der Waals surface area contributed by atoms with Crippen LogP contribution in [0.3, 0.4) is 0 Å². The predicted molar refractivity (Wildman–Crippen MR) is 110 cm³/mol. The Balaban J connectivity index is 1.41. The van der Waals surface area contributed by atoms with Crippen LogP contribution >= 0.6 is 11.3 Å². The van der Waals surface area contributed by atoms with Crippen LogP contribution < -0.4 is 10.1 Å². The highest BCUT2D eigenvalue weighted by Gasteiger charge is 2.23. The van der Waals surface area contributed by atoms with Gasteiger partial charge in [-0.25, -0.2) is 4.98 Å². The Bertz CT molecular complexity index is 1160. The van der Waals surface area contributed by atoms with Crippen molar-refractivity contribution >= 4 is 27.5 Å². The van der Waals surface area contributed by atoms with Gasteiger partial charge in [-0.15, -0.1) is 11.3 Å². The molecule has 0 unspecified atom stereocenters. The van der Waals surface area contributed by atoms with E-state index in [0.717, 1.165) is 38.5 Å². The molecule has 1 aliphatic heterocycles. The summed E-state index contributed by atoms with van der Waals surface area (Å²) in [6.45, 7) is 0.601. The maximum absolute atomic E-state index is 12.9. The fraction of sp³-hybridized carbons (Fsp3) is 0.136. The molecule has 1 amide bonds. The van der Waals surface area contributed by atoms with E-state index in [1.165, 1.54) is 0 Å². The van der Waals surface area contributed by atoms with Gasteiger partial charge in [-0.2, -0.15) is 0 Å². The molecule has 2 aromatic carbocycles. The second-order valence-corrected chi connectivity index (χ2v) is 7.67. The number of benzene rings is 2. The van der Waals surface area contributed by atoms with Crippen molar-refractivity contribution < 1.29 is 9.53 Å². The molecule has 1 aliphatic rings. The van der Waals surface area contributed by atoms with Crippen LogP contribution in [0.1, 0.15) is 28.4 Å². The zero-order valence-electron chi connectivity index (χ0n) is 15.0. The van der Waals surface area contributed by atoms with Crippen molar-refractivity contribution in [1.29, 1.82) is 0 Å². The molecule has 1 atom stereocenters. The number of ether oxygens (including phenoxy) is 1. The van der Waals surface area contributed by atoms with Crippen molar-refractivity contribution in [2.75, 3.05) is 6.61 Å². The van der Waals surface area contributed by atoms with Crippen molar-refractivity contribution in [2.45, 2.75) is 12.5 Å². The number of carbonyl (C=O) groups is 1. The van der Waals surface area contributed by atoms with Crippen LogP contribution in [-0.4, -0.2) is 22.5 Å². The number of hydrogen-bond acceptors (Lipinski definition) is 5. The number of pyridine rings is 1. The number of hydrogen-bond donors (Lipinski definition) is 1. The van der Waals surface area contributed by atoms with Crippen LogP contribution in [0.4, 0.5) is 0 Å². The maximum Gasteiger partial charge on any atom is 0.251 e. The Labute approximate surface area is 166 Å². The summed E-state index contributed by atoms with van der Waals surface area (Å²) in [5, 5.41) is 4.05. The van der Waals surface area contributed by atoms with Gasteiger partial charge in [-0.3, -0.25) is 9.78 Å². The summed E-state index contributed by atoms with van der Waals surface area (Å²) in [7, 11) is 0. The van der Waals surface area contributed by atoms with E-state index < -0.39 is 0 Å². The molecule has 0 saturated heterocycles. The van der Waals surface area contributed by atoms with E-state index in [1.54, 1.807) is 23.7 Å². The molecule has 0 bridgehead atoms. The molecule has 5 nitrogen and oxygen atoms in total.